The maximum absolute atomic E-state index is 10.5. The van der Waals surface area contributed by atoms with Gasteiger partial charge in [0.2, 0.25) is 0 Å². The van der Waals surface area contributed by atoms with E-state index in [9.17, 15) is 30.6 Å². The zero-order chi connectivity index (χ0) is 18.1. The van der Waals surface area contributed by atoms with E-state index in [-0.39, 0.29) is 12.5 Å². The van der Waals surface area contributed by atoms with E-state index >= 15 is 0 Å². The molecule has 2 fully saturated rings. The van der Waals surface area contributed by atoms with Crippen molar-refractivity contribution in [3.63, 3.8) is 0 Å². The van der Waals surface area contributed by atoms with Gasteiger partial charge in [-0.2, -0.15) is 0 Å². The molecule has 0 bridgehead atoms. The molecule has 0 spiro atoms. The van der Waals surface area contributed by atoms with Crippen LogP contribution in [-0.2, 0) is 9.47 Å². The lowest BCUT2D eigenvalue weighted by Crippen LogP contribution is -2.61. The average Bonchev–Trinajstić information content (AvgIpc) is 2.56. The monoisotopic (exact) mass is 348 g/mol. The number of aliphatic hydroxyl groups excluding tert-OH is 5. The topological polar surface area (TPSA) is 140 Å². The van der Waals surface area contributed by atoms with Gasteiger partial charge >= 0.3 is 0 Å². The minimum Gasteiger partial charge on any atom is -0.394 e. The molecule has 0 aromatic carbocycles. The molecule has 6 N–H and O–H groups in total. The lowest BCUT2D eigenvalue weighted by Gasteiger charge is -2.46. The van der Waals surface area contributed by atoms with Crippen LogP contribution in [0.25, 0.3) is 0 Å². The van der Waals surface area contributed by atoms with E-state index in [0.29, 0.717) is 24.8 Å². The van der Waals surface area contributed by atoms with Crippen molar-refractivity contribution >= 4 is 0 Å². The lowest BCUT2D eigenvalue weighted by molar-refractivity contribution is -0.326. The molecule has 1 saturated carbocycles. The Bertz CT molecular complexity index is 438. The maximum atomic E-state index is 10.5. The van der Waals surface area contributed by atoms with Crippen molar-refractivity contribution in [1.29, 1.82) is 0 Å². The van der Waals surface area contributed by atoms with Crippen LogP contribution in [0.5, 0.6) is 0 Å². The lowest BCUT2D eigenvalue weighted by atomic mass is 9.75. The van der Waals surface area contributed by atoms with Gasteiger partial charge in [0.05, 0.1) is 24.9 Å². The predicted octanol–water partition coefficient (Wildman–Crippen LogP) is -1.73. The highest BCUT2D eigenvalue weighted by Gasteiger charge is 2.48. The third-order valence-corrected chi connectivity index (χ3v) is 5.12. The van der Waals surface area contributed by atoms with Gasteiger partial charge in [-0.25, -0.2) is 0 Å². The molecule has 140 valence electrons. The Morgan fingerprint density at radius 1 is 1.21 bits per heavy atom. The minimum atomic E-state index is -1.53. The van der Waals surface area contributed by atoms with Crippen molar-refractivity contribution in [2.75, 3.05) is 13.2 Å². The van der Waals surface area contributed by atoms with E-state index in [4.69, 9.17) is 9.47 Å². The number of hydrogen-bond donors (Lipinski definition) is 6. The van der Waals surface area contributed by atoms with Crippen molar-refractivity contribution in [3.8, 4) is 0 Å². The van der Waals surface area contributed by atoms with E-state index in [1.165, 1.54) is 0 Å². The summed E-state index contributed by atoms with van der Waals surface area (Å²) in [7, 11) is 0. The van der Waals surface area contributed by atoms with Crippen LogP contribution >= 0.6 is 0 Å². The second kappa shape index (κ2) is 7.76. The fraction of sp³-hybridized carbons (Fsp3) is 0.875. The van der Waals surface area contributed by atoms with Gasteiger partial charge in [0.15, 0.2) is 6.29 Å². The summed E-state index contributed by atoms with van der Waals surface area (Å²) in [5.41, 5.74) is -0.529. The smallest absolute Gasteiger partial charge is 0.187 e. The second-order valence-electron chi connectivity index (χ2n) is 6.97. The molecule has 8 atom stereocenters. The van der Waals surface area contributed by atoms with Crippen molar-refractivity contribution in [3.05, 3.63) is 12.2 Å². The molecule has 8 heteroatoms. The van der Waals surface area contributed by atoms with Gasteiger partial charge in [-0.05, 0) is 37.7 Å². The molecule has 2 rings (SSSR count). The Kier molecular flexibility index (Phi) is 6.38. The van der Waals surface area contributed by atoms with Crippen LogP contribution in [0.1, 0.15) is 26.2 Å². The average molecular weight is 348 g/mol. The molecular formula is C16H28O8. The van der Waals surface area contributed by atoms with Crippen LogP contribution in [0.4, 0.5) is 0 Å². The first kappa shape index (κ1) is 19.7. The summed E-state index contributed by atoms with van der Waals surface area (Å²) in [6.07, 6.45) is -6.14. The standard InChI is InChI=1S/C16H28O8/c1-8(6-17)9-3-4-16(2,22)11(5-9)24-15-14(21)13(20)12(19)10(7-18)23-15/h9-15,17-22H,1,3-7H2,2H3. The summed E-state index contributed by atoms with van der Waals surface area (Å²) in [6.45, 7) is 4.73. The molecule has 8 nitrogen and oxygen atoms in total. The van der Waals surface area contributed by atoms with Gasteiger partial charge in [-0.3, -0.25) is 0 Å². The summed E-state index contributed by atoms with van der Waals surface area (Å²) in [4.78, 5) is 0. The normalized spacial score (nSPS) is 46.7. The van der Waals surface area contributed by atoms with Crippen molar-refractivity contribution in [2.45, 2.75) is 68.6 Å². The van der Waals surface area contributed by atoms with Gasteiger partial charge in [0, 0.05) is 0 Å². The highest BCUT2D eigenvalue weighted by Crippen LogP contribution is 2.38. The van der Waals surface area contributed by atoms with E-state index in [1.807, 2.05) is 0 Å². The Hall–Kier alpha value is -0.580. The largest absolute Gasteiger partial charge is 0.394 e. The Labute approximate surface area is 141 Å². The molecule has 0 amide bonds. The maximum Gasteiger partial charge on any atom is 0.187 e. The fourth-order valence-electron chi connectivity index (χ4n) is 3.30. The summed E-state index contributed by atoms with van der Waals surface area (Å²) in [5.74, 6) is -0.0369. The fourth-order valence-corrected chi connectivity index (χ4v) is 3.30. The number of ether oxygens (including phenoxy) is 2. The first-order valence-corrected chi connectivity index (χ1v) is 8.18. The Morgan fingerprint density at radius 3 is 2.46 bits per heavy atom. The SMILES string of the molecule is C=C(CO)C1CCC(C)(O)C(OC2OC(CO)C(O)C(O)C2O)C1. The van der Waals surface area contributed by atoms with Gasteiger partial charge < -0.3 is 40.1 Å². The van der Waals surface area contributed by atoms with Gasteiger partial charge in [0.1, 0.15) is 24.4 Å². The molecule has 8 unspecified atom stereocenters. The third kappa shape index (κ3) is 3.97. The molecule has 0 radical (unpaired) electrons. The van der Waals surface area contributed by atoms with Crippen LogP contribution in [0.3, 0.4) is 0 Å². The first-order chi connectivity index (χ1) is 11.2. The Balaban J connectivity index is 2.09. The van der Waals surface area contributed by atoms with E-state index in [2.05, 4.69) is 6.58 Å². The summed E-state index contributed by atoms with van der Waals surface area (Å²) >= 11 is 0. The minimum absolute atomic E-state index is 0.0369. The van der Waals surface area contributed by atoms with Crippen LogP contribution in [0.2, 0.25) is 0 Å². The number of aliphatic hydroxyl groups is 6. The molecule has 1 aliphatic heterocycles. The third-order valence-electron chi connectivity index (χ3n) is 5.12. The molecular weight excluding hydrogens is 320 g/mol. The molecule has 1 saturated heterocycles. The van der Waals surface area contributed by atoms with Crippen molar-refractivity contribution < 1.29 is 40.1 Å². The molecule has 0 aromatic rings. The van der Waals surface area contributed by atoms with Gasteiger partial charge in [-0.1, -0.05) is 6.58 Å². The zero-order valence-corrected chi connectivity index (χ0v) is 13.8. The number of hydrogen-bond acceptors (Lipinski definition) is 8. The van der Waals surface area contributed by atoms with Gasteiger partial charge in [0.25, 0.3) is 0 Å². The van der Waals surface area contributed by atoms with E-state index < -0.39 is 49.0 Å². The quantitative estimate of drug-likeness (QED) is 0.322. The Morgan fingerprint density at radius 2 is 1.88 bits per heavy atom. The summed E-state index contributed by atoms with van der Waals surface area (Å²) in [6, 6.07) is 0. The van der Waals surface area contributed by atoms with Crippen LogP contribution < -0.4 is 0 Å². The molecule has 0 aromatic heterocycles. The number of rotatable bonds is 5. The van der Waals surface area contributed by atoms with E-state index in [0.717, 1.165) is 0 Å². The summed E-state index contributed by atoms with van der Waals surface area (Å²) < 4.78 is 11.0. The molecule has 24 heavy (non-hydrogen) atoms. The van der Waals surface area contributed by atoms with E-state index in [1.54, 1.807) is 6.92 Å². The summed E-state index contributed by atoms with van der Waals surface area (Å²) in [5, 5.41) is 58.7. The molecule has 1 aliphatic carbocycles. The van der Waals surface area contributed by atoms with Crippen molar-refractivity contribution in [1.82, 2.24) is 0 Å². The van der Waals surface area contributed by atoms with Crippen LogP contribution in [0.15, 0.2) is 12.2 Å². The van der Waals surface area contributed by atoms with Gasteiger partial charge in [-0.15, -0.1) is 0 Å². The molecule has 1 heterocycles. The van der Waals surface area contributed by atoms with Crippen molar-refractivity contribution in [2.24, 2.45) is 5.92 Å². The second-order valence-corrected chi connectivity index (χ2v) is 6.97. The highest BCUT2D eigenvalue weighted by molar-refractivity contribution is 5.06. The first-order valence-electron chi connectivity index (χ1n) is 8.18. The van der Waals surface area contributed by atoms with Crippen LogP contribution in [0, 0.1) is 5.92 Å². The zero-order valence-electron chi connectivity index (χ0n) is 13.8. The van der Waals surface area contributed by atoms with Crippen LogP contribution in [-0.4, -0.2) is 86.3 Å². The predicted molar refractivity (Wildman–Crippen MR) is 82.8 cm³/mol. The highest BCUT2D eigenvalue weighted by atomic mass is 16.7. The molecule has 2 aliphatic rings.